The molecule has 0 radical (unpaired) electrons. The predicted molar refractivity (Wildman–Crippen MR) is 128 cm³/mol. The number of hydrogen-bond donors (Lipinski definition) is 3. The molecule has 188 valence electrons. The fraction of sp³-hybridized carbons (Fsp3) is 0.375. The van der Waals surface area contributed by atoms with Crippen molar-refractivity contribution < 1.29 is 28.9 Å². The molecule has 12 heteroatoms. The molecule has 0 spiro atoms. The van der Waals surface area contributed by atoms with Crippen LogP contribution in [0.2, 0.25) is 0 Å². The van der Waals surface area contributed by atoms with Gasteiger partial charge in [0.05, 0.1) is 12.4 Å². The Morgan fingerprint density at radius 2 is 1.92 bits per heavy atom. The second kappa shape index (κ2) is 10.4. The summed E-state index contributed by atoms with van der Waals surface area (Å²) in [4.78, 5) is 36.1. The van der Waals surface area contributed by atoms with Gasteiger partial charge in [-0.1, -0.05) is 36.4 Å². The maximum Gasteiger partial charge on any atom is 0.320 e. The number of benzene rings is 1. The smallest absolute Gasteiger partial charge is 0.320 e. The van der Waals surface area contributed by atoms with Crippen molar-refractivity contribution in [3.8, 4) is 0 Å². The van der Waals surface area contributed by atoms with Crippen LogP contribution in [0.15, 0.2) is 49.1 Å². The number of carbonyl (C=O) groups is 2. The lowest BCUT2D eigenvalue weighted by molar-refractivity contribution is -0.141. The van der Waals surface area contributed by atoms with Gasteiger partial charge in [0.25, 0.3) is 0 Å². The Balaban J connectivity index is 1.41. The fourth-order valence-corrected chi connectivity index (χ4v) is 4.37. The minimum Gasteiger partial charge on any atom is -0.481 e. The van der Waals surface area contributed by atoms with Crippen molar-refractivity contribution in [1.82, 2.24) is 24.8 Å². The van der Waals surface area contributed by atoms with E-state index < -0.39 is 42.8 Å². The molecule has 5 atom stereocenters. The molecule has 4 unspecified atom stereocenters. The number of aromatic nitrogens is 4. The van der Waals surface area contributed by atoms with Crippen LogP contribution in [0.25, 0.3) is 17.2 Å². The third kappa shape index (κ3) is 4.91. The van der Waals surface area contributed by atoms with E-state index >= 15 is 0 Å². The van der Waals surface area contributed by atoms with E-state index in [4.69, 9.17) is 14.2 Å². The van der Waals surface area contributed by atoms with E-state index in [1.807, 2.05) is 49.4 Å². The molecule has 3 aromatic rings. The minimum atomic E-state index is -0.917. The van der Waals surface area contributed by atoms with E-state index in [1.165, 1.54) is 6.33 Å². The fourth-order valence-electron chi connectivity index (χ4n) is 4.37. The highest BCUT2D eigenvalue weighted by atomic mass is 16.8. The highest BCUT2D eigenvalue weighted by molar-refractivity contribution is 5.95. The van der Waals surface area contributed by atoms with E-state index in [1.54, 1.807) is 10.9 Å². The molecule has 36 heavy (non-hydrogen) atoms. The Morgan fingerprint density at radius 3 is 2.69 bits per heavy atom. The van der Waals surface area contributed by atoms with Crippen LogP contribution in [0, 0.1) is 0 Å². The van der Waals surface area contributed by atoms with Gasteiger partial charge in [0, 0.05) is 13.0 Å². The molecular formula is C24H26N6O6. The third-order valence-corrected chi connectivity index (χ3v) is 5.96. The summed E-state index contributed by atoms with van der Waals surface area (Å²) >= 11 is 0. The number of aliphatic carboxylic acids is 1. The molecule has 12 nitrogen and oxygen atoms in total. The van der Waals surface area contributed by atoms with Crippen LogP contribution >= 0.6 is 0 Å². The zero-order chi connectivity index (χ0) is 25.1. The van der Waals surface area contributed by atoms with Gasteiger partial charge in [0.15, 0.2) is 29.5 Å². The predicted octanol–water partition coefficient (Wildman–Crippen LogP) is 2.55. The second-order valence-corrected chi connectivity index (χ2v) is 8.37. The number of ether oxygens (including phenoxy) is 3. The lowest BCUT2D eigenvalue weighted by Crippen LogP contribution is -2.29. The molecule has 2 aliphatic heterocycles. The van der Waals surface area contributed by atoms with Gasteiger partial charge in [-0.15, -0.1) is 0 Å². The number of nitrogens with one attached hydrogen (secondary N) is 2. The molecule has 5 rings (SSSR count). The molecule has 4 heterocycles. The van der Waals surface area contributed by atoms with Crippen molar-refractivity contribution in [2.24, 2.45) is 0 Å². The van der Waals surface area contributed by atoms with E-state index in [-0.39, 0.29) is 18.7 Å². The average Bonchev–Trinajstić information content (AvgIpc) is 3.56. The van der Waals surface area contributed by atoms with Crippen molar-refractivity contribution in [1.29, 1.82) is 0 Å². The number of imidazole rings is 1. The molecule has 2 amide bonds. The van der Waals surface area contributed by atoms with Gasteiger partial charge < -0.3 is 24.6 Å². The Kier molecular flexibility index (Phi) is 6.89. The number of urea groups is 1. The van der Waals surface area contributed by atoms with Crippen LogP contribution < -0.4 is 10.6 Å². The van der Waals surface area contributed by atoms with Gasteiger partial charge in [-0.2, -0.15) is 0 Å². The van der Waals surface area contributed by atoms with Crippen LogP contribution in [0.5, 0.6) is 0 Å². The molecule has 3 N–H and O–H groups in total. The summed E-state index contributed by atoms with van der Waals surface area (Å²) in [6, 6.07) is 9.36. The van der Waals surface area contributed by atoms with Crippen LogP contribution in [0.3, 0.4) is 0 Å². The number of rotatable bonds is 8. The lowest BCUT2D eigenvalue weighted by Gasteiger charge is -2.20. The Labute approximate surface area is 206 Å². The van der Waals surface area contributed by atoms with Crippen molar-refractivity contribution in [2.75, 3.05) is 11.9 Å². The molecule has 1 aromatic carbocycles. The van der Waals surface area contributed by atoms with E-state index in [9.17, 15) is 14.7 Å². The molecule has 0 saturated carbocycles. The minimum absolute atomic E-state index is 0.0675. The standard InChI is InChI=1S/C24H26N6O6/c1-2-25-24(33)29-21-18-22(27-12-26-21)30(13-28-18)23-20-19(15(34-23)9-10-16(31)32)35-17(36-20)11-8-14-6-4-3-5-7-14/h3-8,11-13,15,17,19-20,23H,2,9-10H2,1H3,(H,31,32)(H2,25,26,27,29,33)/b11-8+/t15?,17-,19?,20?,23?/m0/s1. The first kappa shape index (κ1) is 23.9. The van der Waals surface area contributed by atoms with Crippen LogP contribution in [-0.2, 0) is 19.0 Å². The number of carboxylic acids is 1. The first-order valence-electron chi connectivity index (χ1n) is 11.7. The van der Waals surface area contributed by atoms with Gasteiger partial charge in [-0.25, -0.2) is 19.7 Å². The third-order valence-electron chi connectivity index (χ3n) is 5.96. The summed E-state index contributed by atoms with van der Waals surface area (Å²) in [5.41, 5.74) is 1.82. The highest BCUT2D eigenvalue weighted by Crippen LogP contribution is 2.42. The zero-order valence-electron chi connectivity index (χ0n) is 19.5. The average molecular weight is 495 g/mol. The lowest BCUT2D eigenvalue weighted by atomic mass is 10.1. The number of fused-ring (bicyclic) bond motifs is 2. The molecule has 2 saturated heterocycles. The molecule has 2 fully saturated rings. The van der Waals surface area contributed by atoms with Gasteiger partial charge in [-0.3, -0.25) is 14.7 Å². The van der Waals surface area contributed by atoms with Crippen LogP contribution in [-0.4, -0.2) is 67.8 Å². The summed E-state index contributed by atoms with van der Waals surface area (Å²) in [7, 11) is 0. The van der Waals surface area contributed by atoms with Crippen LogP contribution in [0.1, 0.15) is 31.6 Å². The summed E-state index contributed by atoms with van der Waals surface area (Å²) in [6.07, 6.45) is 3.99. The summed E-state index contributed by atoms with van der Waals surface area (Å²) in [5.74, 6) is -0.658. The van der Waals surface area contributed by atoms with E-state index in [2.05, 4.69) is 25.6 Å². The topological polar surface area (TPSA) is 150 Å². The van der Waals surface area contributed by atoms with Gasteiger partial charge >= 0.3 is 12.0 Å². The van der Waals surface area contributed by atoms with Crippen molar-refractivity contribution >= 4 is 35.1 Å². The maximum absolute atomic E-state index is 12.0. The number of carbonyl (C=O) groups excluding carboxylic acids is 1. The maximum atomic E-state index is 12.0. The largest absolute Gasteiger partial charge is 0.481 e. The molecule has 0 bridgehead atoms. The van der Waals surface area contributed by atoms with Gasteiger partial charge in [-0.05, 0) is 25.0 Å². The van der Waals surface area contributed by atoms with Gasteiger partial charge in [0.1, 0.15) is 18.5 Å². The molecular weight excluding hydrogens is 468 g/mol. The number of hydrogen-bond acceptors (Lipinski definition) is 8. The van der Waals surface area contributed by atoms with Crippen molar-refractivity contribution in [2.45, 2.75) is 50.6 Å². The Hall–Kier alpha value is -3.87. The van der Waals surface area contributed by atoms with E-state index in [0.29, 0.717) is 17.7 Å². The Morgan fingerprint density at radius 1 is 1.11 bits per heavy atom. The zero-order valence-corrected chi connectivity index (χ0v) is 19.5. The molecule has 2 aliphatic rings. The first-order chi connectivity index (χ1) is 17.5. The van der Waals surface area contributed by atoms with Crippen LogP contribution in [0.4, 0.5) is 10.6 Å². The summed E-state index contributed by atoms with van der Waals surface area (Å²) in [5, 5.41) is 14.5. The van der Waals surface area contributed by atoms with Crippen molar-refractivity contribution in [3.63, 3.8) is 0 Å². The van der Waals surface area contributed by atoms with Gasteiger partial charge in [0.2, 0.25) is 0 Å². The first-order valence-corrected chi connectivity index (χ1v) is 11.7. The molecule has 0 aliphatic carbocycles. The van der Waals surface area contributed by atoms with Crippen molar-refractivity contribution in [3.05, 3.63) is 54.6 Å². The monoisotopic (exact) mass is 494 g/mol. The number of anilines is 1. The summed E-state index contributed by atoms with van der Waals surface area (Å²) in [6.45, 7) is 2.27. The normalized spacial score (nSPS) is 25.3. The van der Waals surface area contributed by atoms with E-state index in [0.717, 1.165) is 5.56 Å². The number of carboxylic acid groups (broad SMARTS) is 1. The SMILES string of the molecule is CCNC(=O)Nc1ncnc2c1ncn2C1OC(CCC(=O)O)C2O[C@H](/C=C/c3ccccc3)OC21. The number of nitrogens with zero attached hydrogens (tertiary/aromatic N) is 4. The quantitative estimate of drug-likeness (QED) is 0.429. The molecule has 2 aromatic heterocycles. The summed E-state index contributed by atoms with van der Waals surface area (Å²) < 4.78 is 20.3. The number of amides is 2. The Bertz CT molecular complexity index is 1260. The highest BCUT2D eigenvalue weighted by Gasteiger charge is 2.53. The second-order valence-electron chi connectivity index (χ2n) is 8.37.